The molecule has 0 aliphatic rings. The minimum atomic E-state index is -4.36. The summed E-state index contributed by atoms with van der Waals surface area (Å²) in [4.78, 5) is 34.4. The van der Waals surface area contributed by atoms with Crippen molar-refractivity contribution in [3.63, 3.8) is 0 Å². The Balaban J connectivity index is 4.09. The van der Waals surface area contributed by atoms with Crippen molar-refractivity contribution in [3.8, 4) is 0 Å². The lowest BCUT2D eigenvalue weighted by Crippen LogP contribution is -2.29. The zero-order chi connectivity index (χ0) is 34.7. The normalized spacial score (nSPS) is 14.0. The van der Waals surface area contributed by atoms with Gasteiger partial charge in [0.05, 0.1) is 13.2 Å². The van der Waals surface area contributed by atoms with Gasteiger partial charge in [0.2, 0.25) is 0 Å². The molecule has 0 aliphatic heterocycles. The molecule has 0 aromatic carbocycles. The van der Waals surface area contributed by atoms with Gasteiger partial charge in [-0.25, -0.2) is 4.57 Å². The predicted molar refractivity (Wildman–Crippen MR) is 192 cm³/mol. The van der Waals surface area contributed by atoms with E-state index in [1.54, 1.807) is 0 Å². The Bertz CT molecular complexity index is 918. The monoisotopic (exact) mass is 683 g/mol. The van der Waals surface area contributed by atoms with Crippen LogP contribution in [0.2, 0.25) is 0 Å². The Hall–Kier alpha value is -2.03. The Morgan fingerprint density at radius 1 is 0.660 bits per heavy atom. The quantitative estimate of drug-likeness (QED) is 0.0300. The fourth-order valence-corrected chi connectivity index (χ4v) is 5.33. The highest BCUT2D eigenvalue weighted by Gasteiger charge is 2.25. The Morgan fingerprint density at radius 3 is 1.74 bits per heavy atom. The first-order valence-electron chi connectivity index (χ1n) is 18.1. The van der Waals surface area contributed by atoms with E-state index >= 15 is 0 Å². The average Bonchev–Trinajstić information content (AvgIpc) is 3.05. The van der Waals surface area contributed by atoms with E-state index in [0.29, 0.717) is 6.42 Å². The van der Waals surface area contributed by atoms with Gasteiger partial charge in [0.1, 0.15) is 6.61 Å². The number of rotatable bonds is 33. The number of hydrogen-bond acceptors (Lipinski definition) is 8. The van der Waals surface area contributed by atoms with E-state index in [1.165, 1.54) is 25.7 Å². The van der Waals surface area contributed by atoms with Crippen LogP contribution in [0.1, 0.15) is 142 Å². The summed E-state index contributed by atoms with van der Waals surface area (Å²) in [5, 5.41) is 0. The van der Waals surface area contributed by atoms with E-state index in [0.717, 1.165) is 83.5 Å². The second-order valence-electron chi connectivity index (χ2n) is 11.7. The minimum absolute atomic E-state index is 0.0505. The van der Waals surface area contributed by atoms with Crippen LogP contribution in [-0.2, 0) is 32.7 Å². The maximum absolute atomic E-state index is 12.5. The van der Waals surface area contributed by atoms with Crippen LogP contribution in [0.5, 0.6) is 0 Å². The SMILES string of the molecule is CC/C=C\C/C=C\C/C=C\C/C=C\CCCCCCCCCCC(=O)OC(COC(=O)CCCCCCC)COP(=O)(O)OCCN. The molecule has 0 aromatic heterocycles. The van der Waals surface area contributed by atoms with Gasteiger partial charge in [0.25, 0.3) is 0 Å². The van der Waals surface area contributed by atoms with Crippen molar-refractivity contribution < 1.29 is 37.6 Å². The van der Waals surface area contributed by atoms with E-state index in [9.17, 15) is 19.0 Å². The zero-order valence-corrected chi connectivity index (χ0v) is 30.4. The maximum atomic E-state index is 12.5. The van der Waals surface area contributed by atoms with Gasteiger partial charge in [-0.15, -0.1) is 0 Å². The van der Waals surface area contributed by atoms with E-state index in [1.807, 2.05) is 0 Å². The summed E-state index contributed by atoms with van der Waals surface area (Å²) >= 11 is 0. The number of esters is 2. The molecule has 0 spiro atoms. The van der Waals surface area contributed by atoms with Crippen molar-refractivity contribution in [2.24, 2.45) is 5.73 Å². The van der Waals surface area contributed by atoms with Gasteiger partial charge in [-0.1, -0.05) is 127 Å². The molecule has 47 heavy (non-hydrogen) atoms. The van der Waals surface area contributed by atoms with Crippen LogP contribution < -0.4 is 5.73 Å². The van der Waals surface area contributed by atoms with Crippen LogP contribution in [0.15, 0.2) is 48.6 Å². The smallest absolute Gasteiger partial charge is 0.462 e. The van der Waals surface area contributed by atoms with Gasteiger partial charge in [-0.05, 0) is 51.4 Å². The number of carbonyl (C=O) groups excluding carboxylic acids is 2. The summed E-state index contributed by atoms with van der Waals surface area (Å²) in [6.07, 6.45) is 36.1. The summed E-state index contributed by atoms with van der Waals surface area (Å²) in [6.45, 7) is 3.48. The molecule has 272 valence electrons. The molecule has 0 rings (SSSR count). The second-order valence-corrected chi connectivity index (χ2v) is 13.2. The summed E-state index contributed by atoms with van der Waals surface area (Å²) in [7, 11) is -4.36. The highest BCUT2D eigenvalue weighted by atomic mass is 31.2. The molecule has 2 unspecified atom stereocenters. The predicted octanol–water partition coefficient (Wildman–Crippen LogP) is 9.60. The topological polar surface area (TPSA) is 134 Å². The highest BCUT2D eigenvalue weighted by molar-refractivity contribution is 7.47. The van der Waals surface area contributed by atoms with E-state index in [4.69, 9.17) is 24.3 Å². The summed E-state index contributed by atoms with van der Waals surface area (Å²) in [5.41, 5.74) is 5.31. The van der Waals surface area contributed by atoms with Gasteiger partial charge in [-0.2, -0.15) is 0 Å². The van der Waals surface area contributed by atoms with Gasteiger partial charge in [0, 0.05) is 19.4 Å². The molecule has 10 heteroatoms. The largest absolute Gasteiger partial charge is 0.472 e. The van der Waals surface area contributed by atoms with Gasteiger partial charge >= 0.3 is 19.8 Å². The van der Waals surface area contributed by atoms with Crippen LogP contribution in [-0.4, -0.2) is 49.3 Å². The third kappa shape index (κ3) is 33.7. The molecule has 0 aliphatic carbocycles. The molecule has 0 amide bonds. The number of hydrogen-bond donors (Lipinski definition) is 2. The number of nitrogens with two attached hydrogens (primary N) is 1. The molecule has 2 atom stereocenters. The highest BCUT2D eigenvalue weighted by Crippen LogP contribution is 2.43. The molecule has 0 heterocycles. The van der Waals surface area contributed by atoms with Crippen LogP contribution >= 0.6 is 7.82 Å². The second kappa shape index (κ2) is 33.9. The molecule has 0 bridgehead atoms. The number of phosphoric ester groups is 1. The van der Waals surface area contributed by atoms with Crippen molar-refractivity contribution >= 4 is 19.8 Å². The lowest BCUT2D eigenvalue weighted by molar-refractivity contribution is -0.161. The summed E-state index contributed by atoms with van der Waals surface area (Å²) in [5.74, 6) is -0.857. The van der Waals surface area contributed by atoms with Gasteiger partial charge in [0.15, 0.2) is 6.10 Å². The van der Waals surface area contributed by atoms with Crippen LogP contribution in [0, 0.1) is 0 Å². The Kier molecular flexibility index (Phi) is 32.4. The lowest BCUT2D eigenvalue weighted by atomic mass is 10.1. The third-order valence-corrected chi connectivity index (χ3v) is 8.21. The number of allylic oxidation sites excluding steroid dienone is 8. The molecule has 0 saturated carbocycles. The first kappa shape index (κ1) is 45.0. The Morgan fingerprint density at radius 2 is 1.17 bits per heavy atom. The molecule has 0 radical (unpaired) electrons. The van der Waals surface area contributed by atoms with Crippen molar-refractivity contribution in [2.75, 3.05) is 26.4 Å². The lowest BCUT2D eigenvalue weighted by Gasteiger charge is -2.19. The molecular formula is C37H66NO8P. The van der Waals surface area contributed by atoms with E-state index in [2.05, 4.69) is 62.5 Å². The summed E-state index contributed by atoms with van der Waals surface area (Å²) < 4.78 is 32.4. The molecular weight excluding hydrogens is 617 g/mol. The number of phosphoric acid groups is 1. The molecule has 9 nitrogen and oxygen atoms in total. The first-order valence-corrected chi connectivity index (χ1v) is 19.6. The maximum Gasteiger partial charge on any atom is 0.472 e. The van der Waals surface area contributed by atoms with Gasteiger partial charge in [-0.3, -0.25) is 18.6 Å². The zero-order valence-electron chi connectivity index (χ0n) is 29.5. The van der Waals surface area contributed by atoms with E-state index in [-0.39, 0.29) is 32.6 Å². The van der Waals surface area contributed by atoms with Crippen LogP contribution in [0.3, 0.4) is 0 Å². The van der Waals surface area contributed by atoms with Crippen molar-refractivity contribution in [1.82, 2.24) is 0 Å². The molecule has 3 N–H and O–H groups in total. The number of unbranched alkanes of at least 4 members (excludes halogenated alkanes) is 12. The fraction of sp³-hybridized carbons (Fsp3) is 0.730. The standard InChI is InChI=1S/C37H66NO8P/c1-3-5-7-9-10-11-12-13-14-15-16-17-18-19-20-21-22-23-24-26-28-30-37(40)46-35(34-45-47(41,42)44-32-31-38)33-43-36(39)29-27-25-8-6-4-2/h5,7,10-11,13-14,16-17,35H,3-4,6,8-9,12,15,18-34,38H2,1-2H3,(H,41,42)/b7-5-,11-10-,14-13-,17-16-. The van der Waals surface area contributed by atoms with Crippen LogP contribution in [0.4, 0.5) is 0 Å². The third-order valence-electron chi connectivity index (χ3n) is 7.23. The molecule has 0 saturated heterocycles. The first-order chi connectivity index (χ1) is 22.8. The van der Waals surface area contributed by atoms with Crippen molar-refractivity contribution in [2.45, 2.75) is 148 Å². The van der Waals surface area contributed by atoms with Crippen LogP contribution in [0.25, 0.3) is 0 Å². The fourth-order valence-electron chi connectivity index (χ4n) is 4.56. The average molecular weight is 684 g/mol. The van der Waals surface area contributed by atoms with E-state index < -0.39 is 32.5 Å². The minimum Gasteiger partial charge on any atom is -0.462 e. The van der Waals surface area contributed by atoms with Crippen molar-refractivity contribution in [1.29, 1.82) is 0 Å². The molecule has 0 fully saturated rings. The molecule has 0 aromatic rings. The Labute approximate surface area is 286 Å². The summed E-state index contributed by atoms with van der Waals surface area (Å²) in [6, 6.07) is 0. The van der Waals surface area contributed by atoms with Crippen molar-refractivity contribution in [3.05, 3.63) is 48.6 Å². The number of carbonyl (C=O) groups is 2. The van der Waals surface area contributed by atoms with Gasteiger partial charge < -0.3 is 20.1 Å². The number of ether oxygens (including phenoxy) is 2.